The summed E-state index contributed by atoms with van der Waals surface area (Å²) in [6.45, 7) is 6.67. The number of hydrogen-bond acceptors (Lipinski definition) is 4. The third-order valence-electron chi connectivity index (χ3n) is 5.25. The van der Waals surface area contributed by atoms with E-state index < -0.39 is 6.10 Å². The quantitative estimate of drug-likeness (QED) is 0.684. The van der Waals surface area contributed by atoms with Gasteiger partial charge in [0.1, 0.15) is 11.9 Å². The lowest BCUT2D eigenvalue weighted by Gasteiger charge is -2.37. The standard InChI is InChI=1S/C19H27NO3/c1-11(2)15-6-4-12(3)8-17(15)23-19(21)18-10-13-9-14(20)5-7-16(13)22-18/h5,7,9,11-12,15,17-18H,4,6,8,10,20H2,1-3H3. The van der Waals surface area contributed by atoms with E-state index >= 15 is 0 Å². The highest BCUT2D eigenvalue weighted by atomic mass is 16.6. The molecule has 0 bridgehead atoms. The molecule has 1 aliphatic carbocycles. The molecule has 0 spiro atoms. The molecule has 0 aromatic heterocycles. The fourth-order valence-corrected chi connectivity index (χ4v) is 3.88. The molecule has 0 saturated heterocycles. The fourth-order valence-electron chi connectivity index (χ4n) is 3.88. The largest absolute Gasteiger partial charge is 0.478 e. The van der Waals surface area contributed by atoms with E-state index in [1.165, 1.54) is 6.42 Å². The predicted octanol–water partition coefficient (Wildman–Crippen LogP) is 3.58. The van der Waals surface area contributed by atoms with Gasteiger partial charge in [0.15, 0.2) is 6.10 Å². The highest BCUT2D eigenvalue weighted by molar-refractivity contribution is 5.77. The minimum absolute atomic E-state index is 0.0173. The van der Waals surface area contributed by atoms with Crippen LogP contribution in [0.25, 0.3) is 0 Å². The maximum absolute atomic E-state index is 12.6. The van der Waals surface area contributed by atoms with Crippen LogP contribution in [-0.4, -0.2) is 18.2 Å². The summed E-state index contributed by atoms with van der Waals surface area (Å²) in [4.78, 5) is 12.6. The molecule has 1 aromatic carbocycles. The normalized spacial score (nSPS) is 29.9. The summed E-state index contributed by atoms with van der Waals surface area (Å²) in [5, 5.41) is 0. The molecule has 4 unspecified atom stereocenters. The molecule has 4 atom stereocenters. The SMILES string of the molecule is CC1CCC(C(C)C)C(OC(=O)C2Cc3cc(N)ccc3O2)C1. The zero-order valence-electron chi connectivity index (χ0n) is 14.2. The lowest BCUT2D eigenvalue weighted by atomic mass is 9.75. The summed E-state index contributed by atoms with van der Waals surface area (Å²) in [6, 6.07) is 5.50. The van der Waals surface area contributed by atoms with Gasteiger partial charge < -0.3 is 15.2 Å². The molecule has 4 nitrogen and oxygen atoms in total. The average Bonchev–Trinajstić information content (AvgIpc) is 2.90. The van der Waals surface area contributed by atoms with Gasteiger partial charge in [0.2, 0.25) is 0 Å². The predicted molar refractivity (Wildman–Crippen MR) is 90.2 cm³/mol. The maximum atomic E-state index is 12.6. The number of fused-ring (bicyclic) bond motifs is 1. The van der Waals surface area contributed by atoms with E-state index in [9.17, 15) is 4.79 Å². The Bertz CT molecular complexity index is 584. The van der Waals surface area contributed by atoms with E-state index in [4.69, 9.17) is 15.2 Å². The van der Waals surface area contributed by atoms with Gasteiger partial charge in [0.05, 0.1) is 0 Å². The van der Waals surface area contributed by atoms with Crippen LogP contribution in [0.4, 0.5) is 5.69 Å². The summed E-state index contributed by atoms with van der Waals surface area (Å²) in [5.74, 6) is 2.11. The Morgan fingerprint density at radius 1 is 1.35 bits per heavy atom. The first-order chi connectivity index (χ1) is 10.9. The average molecular weight is 317 g/mol. The smallest absolute Gasteiger partial charge is 0.347 e. The number of rotatable bonds is 3. The topological polar surface area (TPSA) is 61.5 Å². The first-order valence-corrected chi connectivity index (χ1v) is 8.69. The van der Waals surface area contributed by atoms with Gasteiger partial charge in [0.25, 0.3) is 0 Å². The van der Waals surface area contributed by atoms with Crippen LogP contribution in [0.15, 0.2) is 18.2 Å². The van der Waals surface area contributed by atoms with Gasteiger partial charge in [-0.15, -0.1) is 0 Å². The molecule has 23 heavy (non-hydrogen) atoms. The van der Waals surface area contributed by atoms with Crippen molar-refractivity contribution < 1.29 is 14.3 Å². The van der Waals surface area contributed by atoms with Crippen molar-refractivity contribution in [1.29, 1.82) is 0 Å². The zero-order chi connectivity index (χ0) is 16.6. The molecule has 126 valence electrons. The van der Waals surface area contributed by atoms with Crippen LogP contribution in [-0.2, 0) is 16.0 Å². The summed E-state index contributed by atoms with van der Waals surface area (Å²) in [6.07, 6.45) is 3.36. The number of esters is 1. The summed E-state index contributed by atoms with van der Waals surface area (Å²) in [7, 11) is 0. The maximum Gasteiger partial charge on any atom is 0.347 e. The molecule has 1 heterocycles. The summed E-state index contributed by atoms with van der Waals surface area (Å²) in [5.41, 5.74) is 7.48. The second-order valence-electron chi connectivity index (χ2n) is 7.48. The molecule has 1 aromatic rings. The minimum Gasteiger partial charge on any atom is -0.478 e. The van der Waals surface area contributed by atoms with Crippen LogP contribution >= 0.6 is 0 Å². The van der Waals surface area contributed by atoms with Crippen LogP contribution in [0.5, 0.6) is 5.75 Å². The Hall–Kier alpha value is -1.71. The monoisotopic (exact) mass is 317 g/mol. The Labute approximate surface area is 138 Å². The minimum atomic E-state index is -0.531. The number of carbonyl (C=O) groups is 1. The van der Waals surface area contributed by atoms with Gasteiger partial charge in [-0.05, 0) is 48.8 Å². The first-order valence-electron chi connectivity index (χ1n) is 8.69. The summed E-state index contributed by atoms with van der Waals surface area (Å²) >= 11 is 0. The van der Waals surface area contributed by atoms with Crippen LogP contribution in [0.3, 0.4) is 0 Å². The molecule has 3 rings (SSSR count). The van der Waals surface area contributed by atoms with Gasteiger partial charge in [0, 0.05) is 17.7 Å². The van der Waals surface area contributed by atoms with E-state index in [0.29, 0.717) is 29.9 Å². The number of ether oxygens (including phenoxy) is 2. The number of nitrogens with two attached hydrogens (primary N) is 1. The third-order valence-corrected chi connectivity index (χ3v) is 5.25. The number of carbonyl (C=O) groups excluding carboxylic acids is 1. The highest BCUT2D eigenvalue weighted by Gasteiger charge is 2.37. The van der Waals surface area contributed by atoms with E-state index in [2.05, 4.69) is 20.8 Å². The second kappa shape index (κ2) is 6.42. The third kappa shape index (κ3) is 3.46. The van der Waals surface area contributed by atoms with E-state index in [-0.39, 0.29) is 12.1 Å². The van der Waals surface area contributed by atoms with Crippen LogP contribution < -0.4 is 10.5 Å². The summed E-state index contributed by atoms with van der Waals surface area (Å²) < 4.78 is 11.6. The number of benzene rings is 1. The van der Waals surface area contributed by atoms with Crippen molar-refractivity contribution in [2.24, 2.45) is 17.8 Å². The van der Waals surface area contributed by atoms with Crippen molar-refractivity contribution in [3.05, 3.63) is 23.8 Å². The van der Waals surface area contributed by atoms with Gasteiger partial charge in [-0.2, -0.15) is 0 Å². The van der Waals surface area contributed by atoms with Crippen molar-refractivity contribution in [1.82, 2.24) is 0 Å². The molecule has 4 heteroatoms. The molecule has 0 radical (unpaired) electrons. The van der Waals surface area contributed by atoms with E-state index in [1.807, 2.05) is 12.1 Å². The van der Waals surface area contributed by atoms with Crippen LogP contribution in [0.1, 0.15) is 45.6 Å². The zero-order valence-corrected chi connectivity index (χ0v) is 14.2. The molecular weight excluding hydrogens is 290 g/mol. The number of anilines is 1. The molecule has 1 fully saturated rings. The van der Waals surface area contributed by atoms with Crippen molar-refractivity contribution in [3.63, 3.8) is 0 Å². The number of hydrogen-bond donors (Lipinski definition) is 1. The van der Waals surface area contributed by atoms with Crippen molar-refractivity contribution in [2.75, 3.05) is 5.73 Å². The lowest BCUT2D eigenvalue weighted by molar-refractivity contribution is -0.163. The molecule has 2 N–H and O–H groups in total. The highest BCUT2D eigenvalue weighted by Crippen LogP contribution is 2.36. The number of nitrogen functional groups attached to an aromatic ring is 1. The fraction of sp³-hybridized carbons (Fsp3) is 0.632. The van der Waals surface area contributed by atoms with Crippen molar-refractivity contribution in [2.45, 2.75) is 58.7 Å². The first kappa shape index (κ1) is 16.2. The molecule has 0 amide bonds. The Balaban J connectivity index is 1.65. The Morgan fingerprint density at radius 3 is 2.87 bits per heavy atom. The second-order valence-corrected chi connectivity index (χ2v) is 7.48. The van der Waals surface area contributed by atoms with Gasteiger partial charge >= 0.3 is 5.97 Å². The molecular formula is C19H27NO3. The van der Waals surface area contributed by atoms with Gasteiger partial charge in [-0.1, -0.05) is 27.2 Å². The van der Waals surface area contributed by atoms with E-state index in [1.54, 1.807) is 6.07 Å². The van der Waals surface area contributed by atoms with Crippen molar-refractivity contribution >= 4 is 11.7 Å². The van der Waals surface area contributed by atoms with Crippen LogP contribution in [0, 0.1) is 17.8 Å². The van der Waals surface area contributed by atoms with Gasteiger partial charge in [-0.3, -0.25) is 0 Å². The molecule has 1 saturated carbocycles. The Kier molecular flexibility index (Phi) is 4.51. The van der Waals surface area contributed by atoms with Crippen molar-refractivity contribution in [3.8, 4) is 5.75 Å². The molecule has 2 aliphatic rings. The van der Waals surface area contributed by atoms with Gasteiger partial charge in [-0.25, -0.2) is 4.79 Å². The molecule has 1 aliphatic heterocycles. The Morgan fingerprint density at radius 2 is 2.13 bits per heavy atom. The lowest BCUT2D eigenvalue weighted by Crippen LogP contribution is -2.39. The van der Waals surface area contributed by atoms with E-state index in [0.717, 1.165) is 24.2 Å². The van der Waals surface area contributed by atoms with Crippen LogP contribution in [0.2, 0.25) is 0 Å².